The average Bonchev–Trinajstić information content (AvgIpc) is 3.12. The van der Waals surface area contributed by atoms with Gasteiger partial charge in [0.2, 0.25) is 5.91 Å². The number of methoxy groups -OCH3 is 1. The highest BCUT2D eigenvalue weighted by Crippen LogP contribution is 2.27. The zero-order valence-corrected chi connectivity index (χ0v) is 17.5. The molecule has 158 valence electrons. The predicted octanol–water partition coefficient (Wildman–Crippen LogP) is 3.25. The minimum absolute atomic E-state index is 0.117. The van der Waals surface area contributed by atoms with Crippen LogP contribution in [0.15, 0.2) is 36.5 Å². The van der Waals surface area contributed by atoms with Crippen molar-refractivity contribution in [1.29, 1.82) is 0 Å². The molecule has 1 atom stereocenters. The summed E-state index contributed by atoms with van der Waals surface area (Å²) in [5.41, 5.74) is 3.73. The van der Waals surface area contributed by atoms with E-state index in [1.54, 1.807) is 19.4 Å². The maximum absolute atomic E-state index is 12.8. The van der Waals surface area contributed by atoms with Crippen LogP contribution in [-0.2, 0) is 28.9 Å². The third-order valence-electron chi connectivity index (χ3n) is 5.76. The number of fused-ring (bicyclic) bond motifs is 2. The molecule has 30 heavy (non-hydrogen) atoms. The second kappa shape index (κ2) is 8.83. The lowest BCUT2D eigenvalue weighted by atomic mass is 9.98. The summed E-state index contributed by atoms with van der Waals surface area (Å²) in [6, 6.07) is 9.50. The van der Waals surface area contributed by atoms with Gasteiger partial charge in [-0.05, 0) is 43.5 Å². The molecule has 0 saturated carbocycles. The standard InChI is InChI=1S/C23H28N4O3/c1-16(15-30-2)27-21(25-19-7-5-12-24-23(19)27)9-4-10-22(29)26-13-11-18-17(14-26)6-3-8-20(18)28/h3,5-8,12,16,28H,4,9-11,13-15H2,1-2H3. The van der Waals surface area contributed by atoms with E-state index in [1.165, 1.54) is 0 Å². The van der Waals surface area contributed by atoms with Crippen molar-refractivity contribution in [3.63, 3.8) is 0 Å². The molecule has 0 radical (unpaired) electrons. The van der Waals surface area contributed by atoms with Crippen LogP contribution < -0.4 is 0 Å². The molecule has 1 aliphatic heterocycles. The van der Waals surface area contributed by atoms with Gasteiger partial charge >= 0.3 is 0 Å². The van der Waals surface area contributed by atoms with Crippen molar-refractivity contribution in [2.45, 2.75) is 45.2 Å². The molecule has 3 aromatic rings. The van der Waals surface area contributed by atoms with Crippen molar-refractivity contribution in [2.24, 2.45) is 0 Å². The second-order valence-corrected chi connectivity index (χ2v) is 7.88. The van der Waals surface area contributed by atoms with E-state index in [9.17, 15) is 9.90 Å². The summed E-state index contributed by atoms with van der Waals surface area (Å²) in [7, 11) is 1.69. The molecule has 1 N–H and O–H groups in total. The Kier molecular flexibility index (Phi) is 5.99. The smallest absolute Gasteiger partial charge is 0.222 e. The van der Waals surface area contributed by atoms with E-state index >= 15 is 0 Å². The number of aryl methyl sites for hydroxylation is 1. The summed E-state index contributed by atoms with van der Waals surface area (Å²) in [5, 5.41) is 9.99. The minimum Gasteiger partial charge on any atom is -0.508 e. The number of aromatic hydroxyl groups is 1. The Morgan fingerprint density at radius 1 is 1.30 bits per heavy atom. The van der Waals surface area contributed by atoms with Crippen LogP contribution in [0, 0.1) is 0 Å². The van der Waals surface area contributed by atoms with Crippen molar-refractivity contribution >= 4 is 17.1 Å². The Hall–Kier alpha value is -2.93. The van der Waals surface area contributed by atoms with Crippen LogP contribution in [0.3, 0.4) is 0 Å². The number of carbonyl (C=O) groups is 1. The number of phenols is 1. The molecular formula is C23H28N4O3. The highest BCUT2D eigenvalue weighted by atomic mass is 16.5. The van der Waals surface area contributed by atoms with Gasteiger partial charge in [-0.3, -0.25) is 4.79 Å². The molecule has 7 nitrogen and oxygen atoms in total. The number of benzene rings is 1. The summed E-state index contributed by atoms with van der Waals surface area (Å²) < 4.78 is 7.46. The fourth-order valence-corrected chi connectivity index (χ4v) is 4.29. The van der Waals surface area contributed by atoms with Gasteiger partial charge in [-0.25, -0.2) is 9.97 Å². The number of amides is 1. The van der Waals surface area contributed by atoms with Crippen molar-refractivity contribution in [1.82, 2.24) is 19.4 Å². The van der Waals surface area contributed by atoms with Crippen LogP contribution in [0.25, 0.3) is 11.2 Å². The van der Waals surface area contributed by atoms with E-state index in [4.69, 9.17) is 9.72 Å². The van der Waals surface area contributed by atoms with Crippen LogP contribution in [0.1, 0.15) is 42.8 Å². The monoisotopic (exact) mass is 408 g/mol. The fourth-order valence-electron chi connectivity index (χ4n) is 4.29. The molecule has 7 heteroatoms. The number of hydrogen-bond acceptors (Lipinski definition) is 5. The molecule has 1 unspecified atom stereocenters. The maximum Gasteiger partial charge on any atom is 0.222 e. The molecule has 3 heterocycles. The summed E-state index contributed by atoms with van der Waals surface area (Å²) >= 11 is 0. The molecule has 0 fully saturated rings. The zero-order chi connectivity index (χ0) is 21.1. The van der Waals surface area contributed by atoms with Crippen molar-refractivity contribution in [3.8, 4) is 5.75 Å². The highest BCUT2D eigenvalue weighted by molar-refractivity contribution is 5.76. The fraction of sp³-hybridized carbons (Fsp3) is 0.435. The largest absolute Gasteiger partial charge is 0.508 e. The van der Waals surface area contributed by atoms with E-state index in [2.05, 4.69) is 16.5 Å². The van der Waals surface area contributed by atoms with E-state index in [-0.39, 0.29) is 11.9 Å². The number of nitrogens with zero attached hydrogens (tertiary/aromatic N) is 4. The number of hydrogen-bond donors (Lipinski definition) is 1. The molecule has 1 aliphatic rings. The Morgan fingerprint density at radius 2 is 2.17 bits per heavy atom. The topological polar surface area (TPSA) is 80.5 Å². The third kappa shape index (κ3) is 4.03. The number of carbonyl (C=O) groups excluding carboxylic acids is 1. The van der Waals surface area contributed by atoms with Crippen molar-refractivity contribution in [3.05, 3.63) is 53.5 Å². The number of rotatable bonds is 7. The first-order chi connectivity index (χ1) is 14.6. The molecule has 0 spiro atoms. The second-order valence-electron chi connectivity index (χ2n) is 7.88. The van der Waals surface area contributed by atoms with Crippen LogP contribution >= 0.6 is 0 Å². The highest BCUT2D eigenvalue weighted by Gasteiger charge is 2.23. The summed E-state index contributed by atoms with van der Waals surface area (Å²) in [4.78, 5) is 23.9. The van der Waals surface area contributed by atoms with Gasteiger partial charge in [-0.1, -0.05) is 12.1 Å². The molecule has 0 bridgehead atoms. The van der Waals surface area contributed by atoms with Crippen LogP contribution in [-0.4, -0.2) is 50.7 Å². The maximum atomic E-state index is 12.8. The van der Waals surface area contributed by atoms with Crippen LogP contribution in [0.2, 0.25) is 0 Å². The number of imidazole rings is 1. The zero-order valence-electron chi connectivity index (χ0n) is 17.5. The quantitative estimate of drug-likeness (QED) is 0.649. The first kappa shape index (κ1) is 20.3. The van der Waals surface area contributed by atoms with Crippen LogP contribution in [0.4, 0.5) is 0 Å². The van der Waals surface area contributed by atoms with Gasteiger partial charge in [-0.2, -0.15) is 0 Å². The number of phenolic OH excluding ortho intramolecular Hbond substituents is 1. The number of pyridine rings is 1. The van der Waals surface area contributed by atoms with Crippen molar-refractivity contribution in [2.75, 3.05) is 20.3 Å². The molecule has 0 saturated heterocycles. The van der Waals surface area contributed by atoms with Gasteiger partial charge in [0, 0.05) is 44.8 Å². The van der Waals surface area contributed by atoms with Gasteiger partial charge in [0.05, 0.1) is 12.6 Å². The summed E-state index contributed by atoms with van der Waals surface area (Å²) in [5.74, 6) is 1.42. The van der Waals surface area contributed by atoms with Gasteiger partial charge < -0.3 is 19.3 Å². The normalized spacial score (nSPS) is 14.7. The molecule has 0 aliphatic carbocycles. The lowest BCUT2D eigenvalue weighted by Crippen LogP contribution is -2.35. The molecule has 4 rings (SSSR count). The van der Waals surface area contributed by atoms with Crippen LogP contribution in [0.5, 0.6) is 5.75 Å². The predicted molar refractivity (Wildman–Crippen MR) is 114 cm³/mol. The van der Waals surface area contributed by atoms with Crippen molar-refractivity contribution < 1.29 is 14.6 Å². The average molecular weight is 409 g/mol. The number of aromatic nitrogens is 3. The Morgan fingerprint density at radius 3 is 3.00 bits per heavy atom. The Bertz CT molecular complexity index is 1050. The molecule has 1 amide bonds. The van der Waals surface area contributed by atoms with E-state index in [0.717, 1.165) is 34.5 Å². The Balaban J connectivity index is 1.41. The van der Waals surface area contributed by atoms with Gasteiger partial charge in [0.1, 0.15) is 17.1 Å². The molecule has 1 aromatic carbocycles. The van der Waals surface area contributed by atoms with Gasteiger partial charge in [-0.15, -0.1) is 0 Å². The first-order valence-corrected chi connectivity index (χ1v) is 10.5. The minimum atomic E-state index is 0.117. The third-order valence-corrected chi connectivity index (χ3v) is 5.76. The van der Waals surface area contributed by atoms with Gasteiger partial charge in [0.25, 0.3) is 0 Å². The summed E-state index contributed by atoms with van der Waals surface area (Å²) in [6.45, 7) is 3.88. The van der Waals surface area contributed by atoms with E-state index in [0.29, 0.717) is 44.7 Å². The van der Waals surface area contributed by atoms with Gasteiger partial charge in [0.15, 0.2) is 5.65 Å². The molecule has 2 aromatic heterocycles. The van der Waals surface area contributed by atoms with E-state index < -0.39 is 0 Å². The first-order valence-electron chi connectivity index (χ1n) is 10.5. The molecular weight excluding hydrogens is 380 g/mol. The lowest BCUT2D eigenvalue weighted by molar-refractivity contribution is -0.132. The summed E-state index contributed by atoms with van der Waals surface area (Å²) in [6.07, 6.45) is 4.39. The van der Waals surface area contributed by atoms with E-state index in [1.807, 2.05) is 29.2 Å². The Labute approximate surface area is 176 Å². The lowest BCUT2D eigenvalue weighted by Gasteiger charge is -2.29. The number of ether oxygens (including phenoxy) is 1. The SMILES string of the molecule is COCC(C)n1c(CCCC(=O)N2CCc3c(O)cccc3C2)nc2cccnc21.